The van der Waals surface area contributed by atoms with Crippen LogP contribution in [0.1, 0.15) is 15.9 Å². The maximum Gasteiger partial charge on any atom is 0.253 e. The van der Waals surface area contributed by atoms with Gasteiger partial charge in [-0.25, -0.2) is 0 Å². The summed E-state index contributed by atoms with van der Waals surface area (Å²) in [4.78, 5) is 12.6. The van der Waals surface area contributed by atoms with E-state index in [1.54, 1.807) is 6.07 Å². The normalized spacial score (nSPS) is 10.8. The van der Waals surface area contributed by atoms with E-state index in [4.69, 9.17) is 31.5 Å². The third-order valence-electron chi connectivity index (χ3n) is 4.25. The fraction of sp³-hybridized carbons (Fsp3) is 0.409. The Kier molecular flexibility index (Phi) is 11.2. The van der Waals surface area contributed by atoms with E-state index in [1.165, 1.54) is 0 Å². The van der Waals surface area contributed by atoms with Crippen molar-refractivity contribution >= 4 is 28.9 Å². The number of anilines is 2. The van der Waals surface area contributed by atoms with E-state index >= 15 is 0 Å². The van der Waals surface area contributed by atoms with Crippen molar-refractivity contribution < 1.29 is 19.0 Å². The molecule has 0 aromatic heterocycles. The Hall–Kier alpha value is -2.16. The number of nitrogens with one attached hydrogen (secondary N) is 2. The molecule has 0 bridgehead atoms. The van der Waals surface area contributed by atoms with Gasteiger partial charge in [-0.2, -0.15) is 0 Å². The number of ether oxygens (including phenoxy) is 3. The summed E-state index contributed by atoms with van der Waals surface area (Å²) in [6.45, 7) is 5.76. The minimum absolute atomic E-state index is 0.172. The van der Waals surface area contributed by atoms with Crippen molar-refractivity contribution in [2.75, 3.05) is 58.0 Å². The average Bonchev–Trinajstić information content (AvgIpc) is 2.75. The van der Waals surface area contributed by atoms with Gasteiger partial charge in [-0.1, -0.05) is 29.8 Å². The number of benzene rings is 2. The van der Waals surface area contributed by atoms with E-state index in [1.807, 2.05) is 43.3 Å². The maximum absolute atomic E-state index is 12.6. The molecule has 0 aliphatic heterocycles. The maximum atomic E-state index is 12.6. The Morgan fingerprint density at radius 1 is 0.900 bits per heavy atom. The summed E-state index contributed by atoms with van der Waals surface area (Å²) in [5.41, 5.74) is 8.38. The molecule has 0 spiro atoms. The van der Waals surface area contributed by atoms with Crippen molar-refractivity contribution in [3.8, 4) is 0 Å². The second-order valence-electron chi connectivity index (χ2n) is 6.46. The molecule has 0 fully saturated rings. The second-order valence-corrected chi connectivity index (χ2v) is 6.87. The van der Waals surface area contributed by atoms with E-state index in [0.29, 0.717) is 69.0 Å². The molecule has 7 nitrogen and oxygen atoms in total. The van der Waals surface area contributed by atoms with Crippen molar-refractivity contribution in [3.63, 3.8) is 0 Å². The third-order valence-corrected chi connectivity index (χ3v) is 4.66. The number of nitrogens with two attached hydrogens (primary N) is 1. The molecule has 4 N–H and O–H groups in total. The van der Waals surface area contributed by atoms with Crippen LogP contribution in [0.15, 0.2) is 42.5 Å². The fourth-order valence-electron chi connectivity index (χ4n) is 2.64. The van der Waals surface area contributed by atoms with Crippen molar-refractivity contribution in [3.05, 3.63) is 58.6 Å². The van der Waals surface area contributed by atoms with Gasteiger partial charge < -0.3 is 30.6 Å². The number of hydrogen-bond donors (Lipinski definition) is 3. The Morgan fingerprint density at radius 2 is 1.53 bits per heavy atom. The molecule has 2 aromatic rings. The lowest BCUT2D eigenvalue weighted by Crippen LogP contribution is -2.28. The Labute approximate surface area is 182 Å². The summed E-state index contributed by atoms with van der Waals surface area (Å²) in [6.07, 6.45) is 0. The first-order chi connectivity index (χ1) is 14.6. The van der Waals surface area contributed by atoms with E-state index in [0.717, 1.165) is 11.3 Å². The highest BCUT2D eigenvalue weighted by Gasteiger charge is 2.12. The van der Waals surface area contributed by atoms with Crippen LogP contribution >= 0.6 is 11.6 Å². The molecule has 0 heterocycles. The number of para-hydroxylation sites is 1. The highest BCUT2D eigenvalue weighted by Crippen LogP contribution is 2.27. The van der Waals surface area contributed by atoms with Crippen LogP contribution in [0.25, 0.3) is 0 Å². The second kappa shape index (κ2) is 14.0. The number of halogens is 1. The lowest BCUT2D eigenvalue weighted by atomic mass is 10.1. The van der Waals surface area contributed by atoms with Crippen LogP contribution in [0, 0.1) is 6.92 Å². The summed E-state index contributed by atoms with van der Waals surface area (Å²) < 4.78 is 16.0. The van der Waals surface area contributed by atoms with Gasteiger partial charge in [0.15, 0.2) is 0 Å². The largest absolute Gasteiger partial charge is 0.378 e. The molecule has 0 saturated carbocycles. The molecule has 0 unspecified atom stereocenters. The monoisotopic (exact) mass is 435 g/mol. The standard InChI is InChI=1S/C22H30ClN3O4/c1-17-19(23)6-4-8-20(17)26-21-7-3-2-5-18(21)22(27)25-10-12-29-14-16-30-15-13-28-11-9-24/h2-8,26H,9-16,24H2,1H3,(H,25,27). The van der Waals surface area contributed by atoms with Crippen molar-refractivity contribution in [1.82, 2.24) is 5.32 Å². The van der Waals surface area contributed by atoms with Gasteiger partial charge in [-0.15, -0.1) is 0 Å². The fourth-order valence-corrected chi connectivity index (χ4v) is 2.81. The average molecular weight is 436 g/mol. The van der Waals surface area contributed by atoms with Gasteiger partial charge in [0.1, 0.15) is 0 Å². The van der Waals surface area contributed by atoms with Gasteiger partial charge in [-0.3, -0.25) is 4.79 Å². The van der Waals surface area contributed by atoms with Crippen molar-refractivity contribution in [2.45, 2.75) is 6.92 Å². The number of hydrogen-bond acceptors (Lipinski definition) is 6. The molecule has 0 aliphatic carbocycles. The van der Waals surface area contributed by atoms with Gasteiger partial charge in [-0.05, 0) is 36.8 Å². The third kappa shape index (κ3) is 8.30. The van der Waals surface area contributed by atoms with Crippen molar-refractivity contribution in [2.24, 2.45) is 5.73 Å². The summed E-state index contributed by atoms with van der Waals surface area (Å²) in [6, 6.07) is 13.0. The van der Waals surface area contributed by atoms with Crippen LogP contribution in [0.3, 0.4) is 0 Å². The zero-order chi connectivity index (χ0) is 21.6. The molecule has 0 radical (unpaired) electrons. The van der Waals surface area contributed by atoms with Crippen LogP contribution in [0.2, 0.25) is 5.02 Å². The quantitative estimate of drug-likeness (QED) is 0.395. The predicted octanol–water partition coefficient (Wildman–Crippen LogP) is 3.13. The van der Waals surface area contributed by atoms with Gasteiger partial charge in [0, 0.05) is 23.8 Å². The summed E-state index contributed by atoms with van der Waals surface area (Å²) in [5, 5.41) is 6.84. The highest BCUT2D eigenvalue weighted by molar-refractivity contribution is 6.31. The molecule has 164 valence electrons. The van der Waals surface area contributed by atoms with E-state index in [2.05, 4.69) is 10.6 Å². The van der Waals surface area contributed by atoms with Gasteiger partial charge in [0.2, 0.25) is 0 Å². The Bertz CT molecular complexity index is 789. The molecule has 0 atom stereocenters. The predicted molar refractivity (Wildman–Crippen MR) is 120 cm³/mol. The molecule has 2 rings (SSSR count). The lowest BCUT2D eigenvalue weighted by molar-refractivity contribution is 0.0166. The highest BCUT2D eigenvalue weighted by atomic mass is 35.5. The van der Waals surface area contributed by atoms with Crippen LogP contribution in [-0.4, -0.2) is 58.6 Å². The molecule has 8 heteroatoms. The zero-order valence-corrected chi connectivity index (χ0v) is 18.0. The van der Waals surface area contributed by atoms with Gasteiger partial charge in [0.25, 0.3) is 5.91 Å². The molecule has 0 aliphatic rings. The molecule has 1 amide bonds. The van der Waals surface area contributed by atoms with Crippen LogP contribution < -0.4 is 16.4 Å². The van der Waals surface area contributed by atoms with E-state index in [-0.39, 0.29) is 5.91 Å². The molecule has 0 saturated heterocycles. The van der Waals surface area contributed by atoms with Crippen molar-refractivity contribution in [1.29, 1.82) is 0 Å². The molecule has 30 heavy (non-hydrogen) atoms. The van der Waals surface area contributed by atoms with Crippen LogP contribution in [0.4, 0.5) is 11.4 Å². The Morgan fingerprint density at radius 3 is 2.27 bits per heavy atom. The number of rotatable bonds is 14. The van der Waals surface area contributed by atoms with Crippen LogP contribution in [-0.2, 0) is 14.2 Å². The van der Waals surface area contributed by atoms with E-state index in [9.17, 15) is 4.79 Å². The number of carbonyl (C=O) groups is 1. The summed E-state index contributed by atoms with van der Waals surface area (Å²) in [5.74, 6) is -0.172. The first-order valence-corrected chi connectivity index (χ1v) is 10.3. The van der Waals surface area contributed by atoms with Crippen LogP contribution in [0.5, 0.6) is 0 Å². The minimum atomic E-state index is -0.172. The summed E-state index contributed by atoms with van der Waals surface area (Å²) >= 11 is 6.19. The topological polar surface area (TPSA) is 94.8 Å². The smallest absolute Gasteiger partial charge is 0.253 e. The lowest BCUT2D eigenvalue weighted by Gasteiger charge is -2.14. The molecular weight excluding hydrogens is 406 g/mol. The van der Waals surface area contributed by atoms with Gasteiger partial charge in [0.05, 0.1) is 50.9 Å². The SMILES string of the molecule is Cc1c(Cl)cccc1Nc1ccccc1C(=O)NCCOCCOCCOCCN. The Balaban J connectivity index is 1.71. The van der Waals surface area contributed by atoms with Gasteiger partial charge >= 0.3 is 0 Å². The molecule has 2 aromatic carbocycles. The first kappa shape index (κ1) is 24.1. The minimum Gasteiger partial charge on any atom is -0.378 e. The molecular formula is C22H30ClN3O4. The summed E-state index contributed by atoms with van der Waals surface area (Å²) in [7, 11) is 0. The first-order valence-electron chi connectivity index (χ1n) is 9.96. The number of carbonyl (C=O) groups excluding carboxylic acids is 1. The zero-order valence-electron chi connectivity index (χ0n) is 17.3. The number of amides is 1. The van der Waals surface area contributed by atoms with E-state index < -0.39 is 0 Å².